The van der Waals surface area contributed by atoms with Crippen molar-refractivity contribution in [1.82, 2.24) is 0 Å². The van der Waals surface area contributed by atoms with Crippen LogP contribution < -0.4 is 0 Å². The minimum atomic E-state index is -3.72. The maximum absolute atomic E-state index is 9.16. The molecule has 0 saturated heterocycles. The Kier molecular flexibility index (Phi) is 9.54. The first-order chi connectivity index (χ1) is 3.91. The topological polar surface area (TPSA) is 54.4 Å². The van der Waals surface area contributed by atoms with Gasteiger partial charge in [0.15, 0.2) is 0 Å². The second-order valence-electron chi connectivity index (χ2n) is 0.791. The number of alkyl halides is 1. The molecule has 58 valence electrons. The zero-order valence-electron chi connectivity index (χ0n) is 4.22. The molecule has 7 heteroatoms. The zero-order chi connectivity index (χ0) is 7.91. The molecule has 0 aromatic heterocycles. The standard InChI is InChI=1S/C2H5ClO.Cl2O2S/c3-1-2-4;1-5(2,3)4/h4H,1-2H2;. The third-order valence-electron chi connectivity index (χ3n) is 0.0845. The van der Waals surface area contributed by atoms with Crippen LogP contribution in [0.15, 0.2) is 0 Å². The van der Waals surface area contributed by atoms with Crippen LogP contribution in [0.25, 0.3) is 0 Å². The molecule has 0 atom stereocenters. The third kappa shape index (κ3) is 127. The first kappa shape index (κ1) is 12.5. The van der Waals surface area contributed by atoms with E-state index in [4.69, 9.17) is 25.1 Å². The molecule has 0 amide bonds. The molecular formula is C2H5Cl3O3S. The Morgan fingerprint density at radius 1 is 1.33 bits per heavy atom. The number of rotatable bonds is 1. The van der Waals surface area contributed by atoms with Crippen LogP contribution in [0.2, 0.25) is 0 Å². The van der Waals surface area contributed by atoms with Crippen LogP contribution in [0, 0.1) is 0 Å². The lowest BCUT2D eigenvalue weighted by molar-refractivity contribution is 0.321. The SMILES string of the molecule is O=S(=O)(Cl)Cl.OCCCl. The first-order valence-corrected chi connectivity index (χ1v) is 5.40. The summed E-state index contributed by atoms with van der Waals surface area (Å²) in [6.45, 7) is 0.0849. The minimum absolute atomic E-state index is 0.0849. The lowest BCUT2D eigenvalue weighted by atomic mass is 10.9. The monoisotopic (exact) mass is 214 g/mol. The minimum Gasteiger partial charge on any atom is -0.395 e. The van der Waals surface area contributed by atoms with Gasteiger partial charge in [0, 0.05) is 27.2 Å². The molecule has 0 heterocycles. The Labute approximate surface area is 67.4 Å². The summed E-state index contributed by atoms with van der Waals surface area (Å²) in [4.78, 5) is 0. The van der Waals surface area contributed by atoms with E-state index in [1.807, 2.05) is 0 Å². The molecule has 9 heavy (non-hydrogen) atoms. The van der Waals surface area contributed by atoms with Crippen LogP contribution in [-0.2, 0) is 8.26 Å². The molecule has 0 aliphatic heterocycles. The van der Waals surface area contributed by atoms with E-state index in [0.29, 0.717) is 5.88 Å². The Morgan fingerprint density at radius 2 is 1.44 bits per heavy atom. The molecule has 0 bridgehead atoms. The normalized spacial score (nSPS) is 9.78. The van der Waals surface area contributed by atoms with Gasteiger partial charge in [0.05, 0.1) is 6.61 Å². The van der Waals surface area contributed by atoms with Gasteiger partial charge in [0.25, 0.3) is 0 Å². The van der Waals surface area contributed by atoms with Crippen molar-refractivity contribution in [3.8, 4) is 0 Å². The second kappa shape index (κ2) is 6.89. The number of hydrogen-bond acceptors (Lipinski definition) is 3. The molecule has 3 nitrogen and oxygen atoms in total. The van der Waals surface area contributed by atoms with Crippen molar-refractivity contribution >= 4 is 41.2 Å². The van der Waals surface area contributed by atoms with Crippen LogP contribution in [0.1, 0.15) is 0 Å². The quantitative estimate of drug-likeness (QED) is 0.523. The fourth-order valence-electron chi connectivity index (χ4n) is 0. The van der Waals surface area contributed by atoms with Crippen LogP contribution in [0.5, 0.6) is 0 Å². The predicted molar refractivity (Wildman–Crippen MR) is 38.4 cm³/mol. The van der Waals surface area contributed by atoms with E-state index in [1.165, 1.54) is 0 Å². The summed E-state index contributed by atoms with van der Waals surface area (Å²) in [5, 5.41) is 7.74. The summed E-state index contributed by atoms with van der Waals surface area (Å²) in [7, 11) is 4.81. The summed E-state index contributed by atoms with van der Waals surface area (Å²) in [5.41, 5.74) is 0. The largest absolute Gasteiger partial charge is 0.395 e. The van der Waals surface area contributed by atoms with Gasteiger partial charge in [-0.05, 0) is 0 Å². The summed E-state index contributed by atoms with van der Waals surface area (Å²) in [6.07, 6.45) is 0. The molecule has 0 aromatic carbocycles. The molecule has 0 aromatic rings. The molecule has 0 saturated carbocycles. The highest BCUT2D eigenvalue weighted by Gasteiger charge is 1.88. The number of hydrogen-bond donors (Lipinski definition) is 1. The summed E-state index contributed by atoms with van der Waals surface area (Å²) < 4.78 is 18.3. The number of halogens is 3. The average molecular weight is 215 g/mol. The molecule has 0 aliphatic rings. The summed E-state index contributed by atoms with van der Waals surface area (Å²) in [5.74, 6) is 0.347. The van der Waals surface area contributed by atoms with Crippen molar-refractivity contribution in [2.45, 2.75) is 0 Å². The van der Waals surface area contributed by atoms with Crippen molar-refractivity contribution in [3.63, 3.8) is 0 Å². The van der Waals surface area contributed by atoms with Crippen molar-refractivity contribution in [2.75, 3.05) is 12.5 Å². The fourth-order valence-corrected chi connectivity index (χ4v) is 0. The van der Waals surface area contributed by atoms with E-state index < -0.39 is 8.26 Å². The smallest absolute Gasteiger partial charge is 0.317 e. The van der Waals surface area contributed by atoms with Gasteiger partial charge in [0.1, 0.15) is 0 Å². The first-order valence-electron chi connectivity index (χ1n) is 1.73. The van der Waals surface area contributed by atoms with E-state index in [0.717, 1.165) is 0 Å². The Bertz CT molecular complexity index is 120. The van der Waals surface area contributed by atoms with Gasteiger partial charge in [-0.3, -0.25) is 0 Å². The predicted octanol–water partition coefficient (Wildman–Crippen LogP) is 0.926. The lowest BCUT2D eigenvalue weighted by Crippen LogP contribution is -1.76. The molecule has 1 N–H and O–H groups in total. The Morgan fingerprint density at radius 3 is 1.44 bits per heavy atom. The maximum Gasteiger partial charge on any atom is 0.317 e. The van der Waals surface area contributed by atoms with Crippen LogP contribution in [0.4, 0.5) is 0 Å². The fraction of sp³-hybridized carbons (Fsp3) is 1.00. The van der Waals surface area contributed by atoms with E-state index >= 15 is 0 Å². The van der Waals surface area contributed by atoms with Crippen molar-refractivity contribution < 1.29 is 13.5 Å². The maximum atomic E-state index is 9.16. The second-order valence-corrected chi connectivity index (χ2v) is 4.84. The van der Waals surface area contributed by atoms with E-state index in [9.17, 15) is 0 Å². The molecule has 0 radical (unpaired) electrons. The van der Waals surface area contributed by atoms with Crippen molar-refractivity contribution in [2.24, 2.45) is 0 Å². The highest BCUT2D eigenvalue weighted by Crippen LogP contribution is 1.98. The van der Waals surface area contributed by atoms with Gasteiger partial charge >= 0.3 is 8.26 Å². The molecule has 0 spiro atoms. The molecule has 0 unspecified atom stereocenters. The molecule has 0 aliphatic carbocycles. The van der Waals surface area contributed by atoms with E-state index in [-0.39, 0.29) is 6.61 Å². The van der Waals surface area contributed by atoms with Gasteiger partial charge in [-0.2, -0.15) is 8.42 Å². The lowest BCUT2D eigenvalue weighted by Gasteiger charge is -1.67. The highest BCUT2D eigenvalue weighted by molar-refractivity contribution is 8.31. The van der Waals surface area contributed by atoms with Crippen LogP contribution >= 0.6 is 33.0 Å². The van der Waals surface area contributed by atoms with Crippen LogP contribution in [0.3, 0.4) is 0 Å². The van der Waals surface area contributed by atoms with Gasteiger partial charge < -0.3 is 5.11 Å². The van der Waals surface area contributed by atoms with Gasteiger partial charge in [0.2, 0.25) is 0 Å². The molecular weight excluding hydrogens is 210 g/mol. The third-order valence-corrected chi connectivity index (χ3v) is 0.254. The van der Waals surface area contributed by atoms with Gasteiger partial charge in [-0.15, -0.1) is 11.6 Å². The average Bonchev–Trinajstić information content (AvgIpc) is 1.61. The van der Waals surface area contributed by atoms with Crippen molar-refractivity contribution in [3.05, 3.63) is 0 Å². The number of aliphatic hydroxyl groups is 1. The molecule has 0 rings (SSSR count). The Balaban J connectivity index is 0. The van der Waals surface area contributed by atoms with E-state index in [2.05, 4.69) is 21.4 Å². The van der Waals surface area contributed by atoms with Crippen molar-refractivity contribution in [1.29, 1.82) is 0 Å². The Hall–Kier alpha value is 0.780. The highest BCUT2D eigenvalue weighted by atomic mass is 36.0. The summed E-state index contributed by atoms with van der Waals surface area (Å²) >= 11 is 4.94. The van der Waals surface area contributed by atoms with Crippen LogP contribution in [-0.4, -0.2) is 26.0 Å². The number of aliphatic hydroxyl groups excluding tert-OH is 1. The summed E-state index contributed by atoms with van der Waals surface area (Å²) in [6, 6.07) is 0. The van der Waals surface area contributed by atoms with Gasteiger partial charge in [-0.25, -0.2) is 0 Å². The van der Waals surface area contributed by atoms with Gasteiger partial charge in [-0.1, -0.05) is 0 Å². The molecule has 0 fully saturated rings. The zero-order valence-corrected chi connectivity index (χ0v) is 7.30. The van der Waals surface area contributed by atoms with E-state index in [1.54, 1.807) is 0 Å².